The Morgan fingerprint density at radius 3 is 2.50 bits per heavy atom. The number of likely N-dealkylation sites (N-methyl/N-ethyl adjacent to an activating group) is 1. The van der Waals surface area contributed by atoms with Gasteiger partial charge in [0.25, 0.3) is 5.91 Å². The first-order valence-electron chi connectivity index (χ1n) is 11.3. The number of rotatable bonds is 4. The number of carbonyl (C=O) groups excluding carboxylic acids is 2. The molecule has 2 amide bonds. The Balaban J connectivity index is 1.51. The van der Waals surface area contributed by atoms with E-state index in [2.05, 4.69) is 43.0 Å². The number of hydrogen-bond donors (Lipinski definition) is 0. The fraction of sp³-hybridized carbons (Fsp3) is 0.583. The lowest BCUT2D eigenvalue weighted by molar-refractivity contribution is -0.141. The second kappa shape index (κ2) is 9.56. The van der Waals surface area contributed by atoms with Crippen molar-refractivity contribution in [2.45, 2.75) is 50.8 Å². The Bertz CT molecular complexity index is 799. The molecular weight excluding hydrogens is 394 g/mol. The molecule has 1 saturated carbocycles. The molecular formula is C24H33N3O2S. The van der Waals surface area contributed by atoms with Gasteiger partial charge in [0.1, 0.15) is 6.54 Å². The van der Waals surface area contributed by atoms with Gasteiger partial charge >= 0.3 is 0 Å². The van der Waals surface area contributed by atoms with Crippen LogP contribution in [-0.4, -0.2) is 77.1 Å². The number of benzene rings is 1. The van der Waals surface area contributed by atoms with E-state index in [0.717, 1.165) is 62.5 Å². The van der Waals surface area contributed by atoms with Crippen LogP contribution in [0.1, 0.15) is 43.7 Å². The molecule has 1 aromatic carbocycles. The number of hydrogen-bond acceptors (Lipinski definition) is 4. The number of carbonyl (C=O) groups is 2. The van der Waals surface area contributed by atoms with Gasteiger partial charge in [-0.1, -0.05) is 49.6 Å². The van der Waals surface area contributed by atoms with Gasteiger partial charge in [0.05, 0.1) is 4.91 Å². The first kappa shape index (κ1) is 21.4. The van der Waals surface area contributed by atoms with Crippen LogP contribution in [0.15, 0.2) is 29.2 Å². The average molecular weight is 428 g/mol. The van der Waals surface area contributed by atoms with Crippen LogP contribution in [0.2, 0.25) is 0 Å². The average Bonchev–Trinajstić information content (AvgIpc) is 2.78. The summed E-state index contributed by atoms with van der Waals surface area (Å²) in [5.74, 6) is 0.134. The maximum Gasteiger partial charge on any atom is 0.261 e. The zero-order valence-electron chi connectivity index (χ0n) is 18.2. The number of thioether (sulfide) groups is 1. The van der Waals surface area contributed by atoms with Gasteiger partial charge in [-0.25, -0.2) is 0 Å². The number of piperazine rings is 1. The Labute approximate surface area is 184 Å². The predicted molar refractivity (Wildman–Crippen MR) is 123 cm³/mol. The molecule has 0 aromatic heterocycles. The summed E-state index contributed by atoms with van der Waals surface area (Å²) in [7, 11) is 0. The second-order valence-electron chi connectivity index (χ2n) is 8.68. The number of fused-ring (bicyclic) bond motifs is 1. The molecule has 0 radical (unpaired) electrons. The van der Waals surface area contributed by atoms with E-state index in [-0.39, 0.29) is 24.4 Å². The Morgan fingerprint density at radius 2 is 1.80 bits per heavy atom. The predicted octanol–water partition coefficient (Wildman–Crippen LogP) is 3.39. The molecule has 0 bridgehead atoms. The normalized spacial score (nSPS) is 26.7. The van der Waals surface area contributed by atoms with Crippen molar-refractivity contribution < 1.29 is 9.59 Å². The Morgan fingerprint density at radius 1 is 1.10 bits per heavy atom. The van der Waals surface area contributed by atoms with Crippen molar-refractivity contribution in [1.29, 1.82) is 0 Å². The molecule has 3 fully saturated rings. The van der Waals surface area contributed by atoms with Gasteiger partial charge in [-0.15, -0.1) is 11.8 Å². The zero-order valence-corrected chi connectivity index (χ0v) is 19.0. The number of amides is 2. The fourth-order valence-corrected chi connectivity index (χ4v) is 6.21. The van der Waals surface area contributed by atoms with E-state index in [0.29, 0.717) is 5.25 Å². The zero-order chi connectivity index (χ0) is 21.1. The molecule has 6 heteroatoms. The van der Waals surface area contributed by atoms with Gasteiger partial charge in [0, 0.05) is 37.5 Å². The summed E-state index contributed by atoms with van der Waals surface area (Å²) in [5.41, 5.74) is 2.26. The first-order valence-corrected chi connectivity index (χ1v) is 12.2. The van der Waals surface area contributed by atoms with Gasteiger partial charge in [0.15, 0.2) is 0 Å². The summed E-state index contributed by atoms with van der Waals surface area (Å²) in [5, 5.41) is 0.401. The van der Waals surface area contributed by atoms with E-state index >= 15 is 0 Å². The second-order valence-corrected chi connectivity index (χ2v) is 9.96. The molecule has 0 spiro atoms. The molecule has 2 heterocycles. The molecule has 30 heavy (non-hydrogen) atoms. The van der Waals surface area contributed by atoms with Crippen LogP contribution >= 0.6 is 11.8 Å². The molecule has 2 aliphatic heterocycles. The van der Waals surface area contributed by atoms with Crippen molar-refractivity contribution in [2.24, 2.45) is 0 Å². The maximum absolute atomic E-state index is 13.4. The van der Waals surface area contributed by atoms with Crippen LogP contribution in [0.25, 0.3) is 6.08 Å². The highest BCUT2D eigenvalue weighted by molar-refractivity contribution is 8.04. The molecule has 4 rings (SSSR count). The molecule has 3 aliphatic rings. The highest BCUT2D eigenvalue weighted by Crippen LogP contribution is 2.42. The van der Waals surface area contributed by atoms with Crippen molar-refractivity contribution in [3.63, 3.8) is 0 Å². The number of aryl methyl sites for hydroxylation is 1. The standard InChI is InChI=1S/C24H33N3O2S/c1-3-25-12-14-26(15-13-25)23(28)17-27-20-6-4-5-7-21(20)30-22(24(27)29)16-19-10-8-18(2)9-11-19/h8-11,16,20-21H,3-7,12-15,17H2,1-2H3/b22-16+. The molecule has 162 valence electrons. The van der Waals surface area contributed by atoms with E-state index in [4.69, 9.17) is 0 Å². The molecule has 2 unspecified atom stereocenters. The largest absolute Gasteiger partial charge is 0.339 e. The highest BCUT2D eigenvalue weighted by atomic mass is 32.2. The van der Waals surface area contributed by atoms with Crippen molar-refractivity contribution in [2.75, 3.05) is 39.3 Å². The van der Waals surface area contributed by atoms with E-state index in [1.807, 2.05) is 15.9 Å². The summed E-state index contributed by atoms with van der Waals surface area (Å²) >= 11 is 1.73. The quantitative estimate of drug-likeness (QED) is 0.691. The smallest absolute Gasteiger partial charge is 0.261 e. The minimum atomic E-state index is 0.0317. The lowest BCUT2D eigenvalue weighted by Crippen LogP contribution is -2.56. The van der Waals surface area contributed by atoms with Crippen molar-refractivity contribution in [1.82, 2.24) is 14.7 Å². The van der Waals surface area contributed by atoms with Crippen LogP contribution in [-0.2, 0) is 9.59 Å². The summed E-state index contributed by atoms with van der Waals surface area (Å²) in [6.07, 6.45) is 6.49. The third kappa shape index (κ3) is 4.75. The van der Waals surface area contributed by atoms with Gasteiger partial charge in [0.2, 0.25) is 5.91 Å². The summed E-state index contributed by atoms with van der Waals surface area (Å²) in [4.78, 5) is 33.5. The molecule has 5 nitrogen and oxygen atoms in total. The van der Waals surface area contributed by atoms with Crippen molar-refractivity contribution in [3.8, 4) is 0 Å². The molecule has 2 saturated heterocycles. The van der Waals surface area contributed by atoms with Gasteiger partial charge in [-0.05, 0) is 37.9 Å². The molecule has 0 N–H and O–H groups in total. The third-order valence-electron chi connectivity index (χ3n) is 6.67. The van der Waals surface area contributed by atoms with Gasteiger partial charge in [-0.3, -0.25) is 9.59 Å². The van der Waals surface area contributed by atoms with Gasteiger partial charge in [-0.2, -0.15) is 0 Å². The number of nitrogens with zero attached hydrogens (tertiary/aromatic N) is 3. The molecule has 2 atom stereocenters. The van der Waals surface area contributed by atoms with E-state index in [9.17, 15) is 9.59 Å². The Hall–Kier alpha value is -1.79. The summed E-state index contributed by atoms with van der Waals surface area (Å²) < 4.78 is 0. The topological polar surface area (TPSA) is 43.9 Å². The van der Waals surface area contributed by atoms with E-state index in [1.165, 1.54) is 12.0 Å². The molecule has 1 aromatic rings. The van der Waals surface area contributed by atoms with Crippen LogP contribution < -0.4 is 0 Å². The lowest BCUT2D eigenvalue weighted by Gasteiger charge is -2.44. The highest BCUT2D eigenvalue weighted by Gasteiger charge is 2.41. The van der Waals surface area contributed by atoms with E-state index < -0.39 is 0 Å². The Kier molecular flexibility index (Phi) is 6.84. The fourth-order valence-electron chi connectivity index (χ4n) is 4.74. The first-order chi connectivity index (χ1) is 14.5. The van der Waals surface area contributed by atoms with Crippen LogP contribution in [0.3, 0.4) is 0 Å². The van der Waals surface area contributed by atoms with Gasteiger partial charge < -0.3 is 14.7 Å². The maximum atomic E-state index is 13.4. The third-order valence-corrected chi connectivity index (χ3v) is 8.07. The van der Waals surface area contributed by atoms with Crippen molar-refractivity contribution in [3.05, 3.63) is 40.3 Å². The lowest BCUT2D eigenvalue weighted by atomic mass is 9.93. The minimum absolute atomic E-state index is 0.0317. The summed E-state index contributed by atoms with van der Waals surface area (Å²) in [6.45, 7) is 8.86. The van der Waals surface area contributed by atoms with E-state index in [1.54, 1.807) is 11.8 Å². The minimum Gasteiger partial charge on any atom is -0.339 e. The van der Waals surface area contributed by atoms with Crippen molar-refractivity contribution >= 4 is 29.7 Å². The SMILES string of the molecule is CCN1CCN(C(=O)CN2C(=O)/C(=C\c3ccc(C)cc3)SC3CCCCC32)CC1. The van der Waals surface area contributed by atoms with Crippen LogP contribution in [0.5, 0.6) is 0 Å². The monoisotopic (exact) mass is 427 g/mol. The van der Waals surface area contributed by atoms with Crippen LogP contribution in [0.4, 0.5) is 0 Å². The summed E-state index contributed by atoms with van der Waals surface area (Å²) in [6, 6.07) is 8.46. The molecule has 1 aliphatic carbocycles. The van der Waals surface area contributed by atoms with Crippen LogP contribution in [0, 0.1) is 6.92 Å².